The molecule has 1 aromatic rings. The topological polar surface area (TPSA) is 50.9 Å². The van der Waals surface area contributed by atoms with Crippen LogP contribution < -0.4 is 11.1 Å². The fraction of sp³-hybridized carbons (Fsp3) is 0.615. The van der Waals surface area contributed by atoms with Gasteiger partial charge in [0, 0.05) is 11.8 Å². The van der Waals surface area contributed by atoms with Crippen LogP contribution in [0.2, 0.25) is 5.02 Å². The van der Waals surface area contributed by atoms with Gasteiger partial charge < -0.3 is 11.1 Å². The second kappa shape index (κ2) is 4.14. The van der Waals surface area contributed by atoms with E-state index in [1.165, 1.54) is 0 Å². The minimum Gasteiger partial charge on any atom is -0.383 e. The van der Waals surface area contributed by atoms with Gasteiger partial charge in [-0.25, -0.2) is 4.98 Å². The Kier molecular flexibility index (Phi) is 3.08. The Labute approximate surface area is 108 Å². The molecule has 2 heterocycles. The summed E-state index contributed by atoms with van der Waals surface area (Å²) in [6, 6.07) is 1.95. The number of hydrogen-bond acceptors (Lipinski definition) is 3. The van der Waals surface area contributed by atoms with Crippen molar-refractivity contribution in [3.63, 3.8) is 0 Å². The lowest BCUT2D eigenvalue weighted by molar-refractivity contribution is 0.161. The number of nitrogen functional groups attached to an aromatic ring is 1. The highest BCUT2D eigenvalue weighted by atomic mass is 35.5. The van der Waals surface area contributed by atoms with Gasteiger partial charge in [0.05, 0.1) is 10.6 Å². The fourth-order valence-electron chi connectivity index (χ4n) is 2.81. The smallest absolute Gasteiger partial charge is 0.128 e. The Balaban J connectivity index is 2.57. The molecule has 17 heavy (non-hydrogen) atoms. The second-order valence-electron chi connectivity index (χ2n) is 5.77. The molecule has 1 unspecified atom stereocenters. The number of nitrogens with one attached hydrogen (secondary N) is 1. The number of hydrogen-bond donors (Lipinski definition) is 2. The first-order chi connectivity index (χ1) is 7.87. The number of aromatic nitrogens is 1. The Morgan fingerprint density at radius 2 is 2.18 bits per heavy atom. The van der Waals surface area contributed by atoms with E-state index in [1.807, 2.05) is 6.07 Å². The Morgan fingerprint density at radius 1 is 1.47 bits per heavy atom. The number of nitrogens with two attached hydrogens (primary N) is 1. The van der Waals surface area contributed by atoms with E-state index in [1.54, 1.807) is 6.20 Å². The van der Waals surface area contributed by atoms with Gasteiger partial charge in [-0.1, -0.05) is 32.4 Å². The van der Waals surface area contributed by atoms with Crippen LogP contribution in [0.25, 0.3) is 0 Å². The van der Waals surface area contributed by atoms with Crippen molar-refractivity contribution < 1.29 is 0 Å². The maximum absolute atomic E-state index is 6.06. The van der Waals surface area contributed by atoms with E-state index in [-0.39, 0.29) is 11.0 Å². The third-order valence-corrected chi connectivity index (χ3v) is 3.99. The lowest BCUT2D eigenvalue weighted by atomic mass is 9.68. The van der Waals surface area contributed by atoms with Crippen molar-refractivity contribution in [2.45, 2.75) is 39.2 Å². The molecule has 1 aliphatic rings. The summed E-state index contributed by atoms with van der Waals surface area (Å²) in [5.74, 6) is 0.582. The number of pyridine rings is 1. The number of anilines is 1. The molecule has 1 aromatic heterocycles. The van der Waals surface area contributed by atoms with E-state index in [0.29, 0.717) is 10.8 Å². The molecule has 2 rings (SSSR count). The van der Waals surface area contributed by atoms with Crippen LogP contribution in [-0.4, -0.2) is 11.5 Å². The van der Waals surface area contributed by atoms with E-state index in [0.717, 1.165) is 24.9 Å². The molecule has 0 saturated carbocycles. The molecular weight excluding hydrogens is 234 g/mol. The van der Waals surface area contributed by atoms with Crippen molar-refractivity contribution in [2.75, 3.05) is 12.3 Å². The molecule has 1 aliphatic heterocycles. The van der Waals surface area contributed by atoms with Gasteiger partial charge in [0.15, 0.2) is 0 Å². The van der Waals surface area contributed by atoms with Gasteiger partial charge in [-0.2, -0.15) is 0 Å². The predicted molar refractivity (Wildman–Crippen MR) is 72.0 cm³/mol. The lowest BCUT2D eigenvalue weighted by Crippen LogP contribution is -2.48. The molecule has 0 radical (unpaired) electrons. The van der Waals surface area contributed by atoms with Crippen LogP contribution in [0.4, 0.5) is 5.82 Å². The molecule has 0 aliphatic carbocycles. The highest BCUT2D eigenvalue weighted by molar-refractivity contribution is 6.30. The molecule has 0 amide bonds. The average Bonchev–Trinajstić information content (AvgIpc) is 2.71. The van der Waals surface area contributed by atoms with Gasteiger partial charge in [-0.15, -0.1) is 0 Å². The first-order valence-electron chi connectivity index (χ1n) is 6.03. The van der Waals surface area contributed by atoms with Crippen LogP contribution in [0.5, 0.6) is 0 Å². The summed E-state index contributed by atoms with van der Waals surface area (Å²) >= 11 is 6.06. The normalized spacial score (nSPS) is 25.2. The van der Waals surface area contributed by atoms with Crippen LogP contribution >= 0.6 is 11.6 Å². The summed E-state index contributed by atoms with van der Waals surface area (Å²) in [4.78, 5) is 4.19. The molecule has 1 fully saturated rings. The molecule has 3 nitrogen and oxygen atoms in total. The zero-order chi connectivity index (χ0) is 12.7. The molecule has 94 valence electrons. The lowest BCUT2D eigenvalue weighted by Gasteiger charge is -2.43. The standard InChI is InChI=1S/C13H20ClN3/c1-12(2,3)13(5-4-6-17-13)10-7-9(14)8-16-11(10)15/h7-8,17H,4-6H2,1-3H3,(H2,15,16). The fourth-order valence-corrected chi connectivity index (χ4v) is 2.97. The minimum absolute atomic E-state index is 0.0734. The van der Waals surface area contributed by atoms with Crippen molar-refractivity contribution in [3.8, 4) is 0 Å². The van der Waals surface area contributed by atoms with E-state index < -0.39 is 0 Å². The van der Waals surface area contributed by atoms with Crippen molar-refractivity contribution in [2.24, 2.45) is 5.41 Å². The number of halogens is 1. The zero-order valence-electron chi connectivity index (χ0n) is 10.7. The summed E-state index contributed by atoms with van der Waals surface area (Å²) in [6.45, 7) is 7.70. The van der Waals surface area contributed by atoms with Gasteiger partial charge in [-0.3, -0.25) is 0 Å². The van der Waals surface area contributed by atoms with Gasteiger partial charge in [0.1, 0.15) is 5.82 Å². The summed E-state index contributed by atoms with van der Waals surface area (Å²) in [5.41, 5.74) is 7.04. The summed E-state index contributed by atoms with van der Waals surface area (Å²) in [6.07, 6.45) is 3.83. The molecular formula is C13H20ClN3. The molecule has 1 saturated heterocycles. The van der Waals surface area contributed by atoms with Crippen molar-refractivity contribution in [3.05, 3.63) is 22.8 Å². The molecule has 3 N–H and O–H groups in total. The van der Waals surface area contributed by atoms with Gasteiger partial charge >= 0.3 is 0 Å². The summed E-state index contributed by atoms with van der Waals surface area (Å²) in [7, 11) is 0. The van der Waals surface area contributed by atoms with Gasteiger partial charge in [-0.05, 0) is 30.9 Å². The molecule has 0 bridgehead atoms. The van der Waals surface area contributed by atoms with Crippen LogP contribution in [0, 0.1) is 5.41 Å². The van der Waals surface area contributed by atoms with Crippen LogP contribution in [0.3, 0.4) is 0 Å². The maximum atomic E-state index is 6.06. The quantitative estimate of drug-likeness (QED) is 0.809. The Bertz CT molecular complexity index is 417. The summed E-state index contributed by atoms with van der Waals surface area (Å²) < 4.78 is 0. The van der Waals surface area contributed by atoms with Gasteiger partial charge in [0.2, 0.25) is 0 Å². The van der Waals surface area contributed by atoms with Gasteiger partial charge in [0.25, 0.3) is 0 Å². The highest BCUT2D eigenvalue weighted by Gasteiger charge is 2.46. The SMILES string of the molecule is CC(C)(C)C1(c2cc(Cl)cnc2N)CCCN1. The molecule has 0 spiro atoms. The van der Waals surface area contributed by atoms with Crippen LogP contribution in [-0.2, 0) is 5.54 Å². The van der Waals surface area contributed by atoms with Crippen molar-refractivity contribution in [1.82, 2.24) is 10.3 Å². The van der Waals surface area contributed by atoms with E-state index in [4.69, 9.17) is 17.3 Å². The number of rotatable bonds is 1. The highest BCUT2D eigenvalue weighted by Crippen LogP contribution is 2.47. The third-order valence-electron chi connectivity index (χ3n) is 3.78. The maximum Gasteiger partial charge on any atom is 0.128 e. The number of nitrogens with zero attached hydrogens (tertiary/aromatic N) is 1. The largest absolute Gasteiger partial charge is 0.383 e. The van der Waals surface area contributed by atoms with Crippen LogP contribution in [0.15, 0.2) is 12.3 Å². The second-order valence-corrected chi connectivity index (χ2v) is 6.21. The van der Waals surface area contributed by atoms with Crippen molar-refractivity contribution in [1.29, 1.82) is 0 Å². The first-order valence-corrected chi connectivity index (χ1v) is 6.41. The van der Waals surface area contributed by atoms with E-state index in [2.05, 4.69) is 31.1 Å². The minimum atomic E-state index is -0.116. The Hall–Kier alpha value is -0.800. The van der Waals surface area contributed by atoms with Crippen molar-refractivity contribution >= 4 is 17.4 Å². The Morgan fingerprint density at radius 3 is 2.71 bits per heavy atom. The molecule has 1 atom stereocenters. The molecule has 0 aromatic carbocycles. The van der Waals surface area contributed by atoms with E-state index >= 15 is 0 Å². The predicted octanol–water partition coefficient (Wildman–Crippen LogP) is 2.94. The van der Waals surface area contributed by atoms with Crippen LogP contribution in [0.1, 0.15) is 39.2 Å². The zero-order valence-corrected chi connectivity index (χ0v) is 11.4. The third kappa shape index (κ3) is 2.02. The average molecular weight is 254 g/mol. The molecule has 4 heteroatoms. The van der Waals surface area contributed by atoms with E-state index in [9.17, 15) is 0 Å². The first kappa shape index (κ1) is 12.7. The monoisotopic (exact) mass is 253 g/mol. The summed E-state index contributed by atoms with van der Waals surface area (Å²) in [5, 5.41) is 4.26.